The Labute approximate surface area is 440 Å². The minimum Gasteiger partial charge on any atom is -0.455 e. The van der Waals surface area contributed by atoms with Crippen molar-refractivity contribution in [3.63, 3.8) is 0 Å². The number of hydrogen-bond acceptors (Lipinski definition) is 4. The molecule has 3 heterocycles. The molecular weight excluding hydrogens is 927 g/mol. The number of furan rings is 3. The van der Waals surface area contributed by atoms with Gasteiger partial charge < -0.3 is 18.2 Å². The fourth-order valence-electron chi connectivity index (χ4n) is 15.6. The summed E-state index contributed by atoms with van der Waals surface area (Å²) in [5, 5.41) is 6.95. The van der Waals surface area contributed by atoms with E-state index >= 15 is 0 Å². The molecule has 0 saturated heterocycles. The van der Waals surface area contributed by atoms with Crippen LogP contribution in [0.5, 0.6) is 0 Å². The summed E-state index contributed by atoms with van der Waals surface area (Å²) in [4.78, 5) is 2.47. The van der Waals surface area contributed by atoms with Gasteiger partial charge in [0, 0.05) is 76.5 Å². The number of para-hydroxylation sites is 4. The number of anilines is 3. The highest BCUT2D eigenvalue weighted by Crippen LogP contribution is 2.66. The summed E-state index contributed by atoms with van der Waals surface area (Å²) in [7, 11) is 0. The number of hydrogen-bond donors (Lipinski definition) is 0. The van der Waals surface area contributed by atoms with Crippen LogP contribution in [0.3, 0.4) is 0 Å². The van der Waals surface area contributed by atoms with Gasteiger partial charge in [-0.05, 0) is 126 Å². The van der Waals surface area contributed by atoms with Crippen LogP contribution < -0.4 is 4.90 Å². The Morgan fingerprint density at radius 3 is 1.20 bits per heavy atom. The van der Waals surface area contributed by atoms with Crippen molar-refractivity contribution in [1.82, 2.24) is 0 Å². The van der Waals surface area contributed by atoms with Crippen molar-refractivity contribution in [2.45, 2.75) is 77.0 Å². The predicted octanol–water partition coefficient (Wildman–Crippen LogP) is 20.1. The Hall–Kier alpha value is -8.60. The van der Waals surface area contributed by atoms with Crippen molar-refractivity contribution in [1.29, 1.82) is 0 Å². The first-order chi connectivity index (χ1) is 36.8. The van der Waals surface area contributed by atoms with Crippen LogP contribution in [-0.4, -0.2) is 0 Å². The van der Waals surface area contributed by atoms with Crippen LogP contribution in [0, 0.1) is 0 Å². The summed E-state index contributed by atoms with van der Waals surface area (Å²) in [6, 6.07) is 64.8. The molecule has 4 aliphatic rings. The molecule has 10 aromatic carbocycles. The van der Waals surface area contributed by atoms with Gasteiger partial charge in [0.2, 0.25) is 0 Å². The van der Waals surface area contributed by atoms with Crippen LogP contribution in [0.4, 0.5) is 17.1 Å². The molecule has 0 amide bonds. The highest BCUT2D eigenvalue weighted by Gasteiger charge is 2.51. The van der Waals surface area contributed by atoms with Gasteiger partial charge >= 0.3 is 0 Å². The van der Waals surface area contributed by atoms with Gasteiger partial charge in [-0.3, -0.25) is 0 Å². The van der Waals surface area contributed by atoms with Crippen LogP contribution in [0.1, 0.15) is 99.9 Å². The fourth-order valence-corrected chi connectivity index (χ4v) is 15.6. The summed E-state index contributed by atoms with van der Waals surface area (Å²) in [5.74, 6) is 0. The largest absolute Gasteiger partial charge is 0.455 e. The van der Waals surface area contributed by atoms with Crippen molar-refractivity contribution in [2.24, 2.45) is 0 Å². The maximum atomic E-state index is 7.11. The minimum absolute atomic E-state index is 0.241. The van der Waals surface area contributed by atoms with E-state index in [2.05, 4.69) is 236 Å². The zero-order chi connectivity index (χ0) is 51.1. The molecule has 0 spiro atoms. The normalized spacial score (nSPS) is 16.3. The highest BCUT2D eigenvalue weighted by atomic mass is 16.3. The smallest absolute Gasteiger partial charge is 0.159 e. The summed E-state index contributed by atoms with van der Waals surface area (Å²) in [6.45, 7) is 19.4. The third-order valence-electron chi connectivity index (χ3n) is 18.9. The van der Waals surface area contributed by atoms with E-state index in [1.807, 2.05) is 0 Å². The van der Waals surface area contributed by atoms with E-state index in [9.17, 15) is 0 Å². The first-order valence-electron chi connectivity index (χ1n) is 27.0. The Balaban J connectivity index is 0.928. The summed E-state index contributed by atoms with van der Waals surface area (Å²) in [5.41, 5.74) is 28.4. The van der Waals surface area contributed by atoms with Gasteiger partial charge in [-0.1, -0.05) is 183 Å². The van der Waals surface area contributed by atoms with Crippen LogP contribution in [0.15, 0.2) is 189 Å². The topological polar surface area (TPSA) is 42.7 Å². The second-order valence-electron chi connectivity index (χ2n) is 24.2. The van der Waals surface area contributed by atoms with Gasteiger partial charge in [0.1, 0.15) is 27.9 Å². The number of fused-ring (bicyclic) bond motifs is 27. The van der Waals surface area contributed by atoms with Crippen molar-refractivity contribution in [3.8, 4) is 44.5 Å². The van der Waals surface area contributed by atoms with Crippen molar-refractivity contribution >= 4 is 82.9 Å². The molecular formula is C72H53NO3. The first-order valence-corrected chi connectivity index (χ1v) is 27.0. The fraction of sp³-hybridized carbons (Fsp3) is 0.167. The van der Waals surface area contributed by atoms with Crippen molar-refractivity contribution in [3.05, 3.63) is 220 Å². The number of rotatable bonds is 3. The van der Waals surface area contributed by atoms with Crippen LogP contribution >= 0.6 is 0 Å². The lowest BCUT2D eigenvalue weighted by atomic mass is 9.72. The molecule has 0 saturated carbocycles. The maximum Gasteiger partial charge on any atom is 0.159 e. The monoisotopic (exact) mass is 979 g/mol. The number of benzene rings is 10. The predicted molar refractivity (Wildman–Crippen MR) is 313 cm³/mol. The number of nitrogens with zero attached hydrogens (tertiary/aromatic N) is 1. The van der Waals surface area contributed by atoms with Gasteiger partial charge in [0.15, 0.2) is 5.58 Å². The van der Waals surface area contributed by atoms with Crippen molar-refractivity contribution < 1.29 is 13.3 Å². The Morgan fingerprint density at radius 2 is 0.671 bits per heavy atom. The molecule has 76 heavy (non-hydrogen) atoms. The molecule has 0 N–H and O–H groups in total. The van der Waals surface area contributed by atoms with Crippen LogP contribution in [-0.2, 0) is 21.7 Å². The van der Waals surface area contributed by atoms with Crippen molar-refractivity contribution in [2.75, 3.05) is 4.90 Å². The van der Waals surface area contributed by atoms with Gasteiger partial charge in [0.05, 0.1) is 5.69 Å². The van der Waals surface area contributed by atoms with Gasteiger partial charge in [-0.15, -0.1) is 0 Å². The van der Waals surface area contributed by atoms with Gasteiger partial charge in [-0.2, -0.15) is 0 Å². The lowest BCUT2D eigenvalue weighted by molar-refractivity contribution is 0.600. The SMILES string of the molecule is CC1(C)c2cc(N(c3ccc4c(c3)C(C)(C)c3c5c(c6oc7ccccc7c6c3-4)-c3ccccc3C5(C)C)c3cccc4c3oc3ccccc34)ccc2-c2c1c1c(c3c2oc2ccccc23)-c2ccccc2C1(C)C. The second kappa shape index (κ2) is 13.8. The molecule has 17 rings (SSSR count). The molecule has 0 bridgehead atoms. The molecule has 4 nitrogen and oxygen atoms in total. The average Bonchev–Trinajstić information content (AvgIpc) is 4.15. The zero-order valence-electron chi connectivity index (χ0n) is 43.9. The Morgan fingerprint density at radius 1 is 0.303 bits per heavy atom. The summed E-state index contributed by atoms with van der Waals surface area (Å²) in [6.07, 6.45) is 0. The second-order valence-corrected chi connectivity index (χ2v) is 24.2. The highest BCUT2D eigenvalue weighted by molar-refractivity contribution is 6.23. The third-order valence-corrected chi connectivity index (χ3v) is 18.9. The maximum absolute atomic E-state index is 7.11. The molecule has 13 aromatic rings. The van der Waals surface area contributed by atoms with Gasteiger partial charge in [0.25, 0.3) is 0 Å². The first kappa shape index (κ1) is 42.7. The van der Waals surface area contributed by atoms with E-state index in [-0.39, 0.29) is 21.7 Å². The minimum atomic E-state index is -0.390. The van der Waals surface area contributed by atoms with E-state index < -0.39 is 0 Å². The summed E-state index contributed by atoms with van der Waals surface area (Å²) < 4.78 is 21.1. The van der Waals surface area contributed by atoms with E-state index in [0.29, 0.717) is 0 Å². The van der Waals surface area contributed by atoms with Gasteiger partial charge in [-0.25, -0.2) is 0 Å². The molecule has 0 radical (unpaired) electrons. The van der Waals surface area contributed by atoms with E-state index in [4.69, 9.17) is 13.3 Å². The lowest BCUT2D eigenvalue weighted by Gasteiger charge is -2.32. The van der Waals surface area contributed by atoms with E-state index in [1.165, 1.54) is 105 Å². The van der Waals surface area contributed by atoms with E-state index in [0.717, 1.165) is 66.7 Å². The molecule has 364 valence electrons. The lowest BCUT2D eigenvalue weighted by Crippen LogP contribution is -2.24. The molecule has 0 atom stereocenters. The molecule has 4 aliphatic carbocycles. The van der Waals surface area contributed by atoms with E-state index in [1.54, 1.807) is 0 Å². The molecule has 0 unspecified atom stereocenters. The standard InChI is InChI=1S/C72H53NO3/c1-69(2)48-26-14-9-21-42(48)56-58-46-23-12-17-30-54(46)76-68(58)61-45-35-33-39(37-51(45)72(7,8)65(61)62(56)69)73(52-28-19-25-41-40-20-11-16-29-53(40)74-66(41)52)38-32-34-44-50(36-38)71(5,6)63-57(44)59-47-24-13-18-31-55(47)75-67(59)60-43-22-10-15-27-49(43)70(3,4)64(60)63/h9-37H,1-8H3. The Bertz CT molecular complexity index is 4830. The quantitative estimate of drug-likeness (QED) is 0.177. The van der Waals surface area contributed by atoms with Crippen LogP contribution in [0.2, 0.25) is 0 Å². The third kappa shape index (κ3) is 4.94. The van der Waals surface area contributed by atoms with Crippen LogP contribution in [0.25, 0.3) is 110 Å². The molecule has 0 aliphatic heterocycles. The molecule has 3 aromatic heterocycles. The average molecular weight is 980 g/mol. The Kier molecular flexibility index (Phi) is 7.76. The zero-order valence-corrected chi connectivity index (χ0v) is 43.9. The summed E-state index contributed by atoms with van der Waals surface area (Å²) >= 11 is 0. The molecule has 0 fully saturated rings. The molecule has 4 heteroatoms.